The van der Waals surface area contributed by atoms with Gasteiger partial charge in [0.25, 0.3) is 0 Å². The SMILES string of the molecule is COC(CNC(=O)NCCc1ccccc1)c1ccccc1. The summed E-state index contributed by atoms with van der Waals surface area (Å²) in [7, 11) is 1.65. The maximum absolute atomic E-state index is 11.8. The van der Waals surface area contributed by atoms with E-state index in [4.69, 9.17) is 4.74 Å². The van der Waals surface area contributed by atoms with Crippen molar-refractivity contribution in [3.63, 3.8) is 0 Å². The Morgan fingerprint density at radius 3 is 2.27 bits per heavy atom. The molecule has 0 saturated carbocycles. The highest BCUT2D eigenvalue weighted by atomic mass is 16.5. The van der Waals surface area contributed by atoms with Crippen LogP contribution in [0.1, 0.15) is 17.2 Å². The number of amides is 2. The Bertz CT molecular complexity index is 558. The zero-order valence-corrected chi connectivity index (χ0v) is 12.8. The van der Waals surface area contributed by atoms with E-state index < -0.39 is 0 Å². The summed E-state index contributed by atoms with van der Waals surface area (Å²) in [5.74, 6) is 0. The molecule has 1 unspecified atom stereocenters. The van der Waals surface area contributed by atoms with Crippen LogP contribution in [-0.2, 0) is 11.2 Å². The Morgan fingerprint density at radius 2 is 1.64 bits per heavy atom. The topological polar surface area (TPSA) is 50.4 Å². The van der Waals surface area contributed by atoms with Crippen LogP contribution < -0.4 is 10.6 Å². The molecular formula is C18H22N2O2. The first-order valence-electron chi connectivity index (χ1n) is 7.43. The summed E-state index contributed by atoms with van der Waals surface area (Å²) < 4.78 is 5.42. The first-order chi connectivity index (χ1) is 10.8. The number of nitrogens with one attached hydrogen (secondary N) is 2. The fraction of sp³-hybridized carbons (Fsp3) is 0.278. The molecule has 0 aromatic heterocycles. The van der Waals surface area contributed by atoms with Gasteiger partial charge in [0.2, 0.25) is 0 Å². The van der Waals surface area contributed by atoms with Crippen molar-refractivity contribution in [1.82, 2.24) is 10.6 Å². The first-order valence-corrected chi connectivity index (χ1v) is 7.43. The Kier molecular flexibility index (Phi) is 6.45. The molecule has 0 aliphatic heterocycles. The summed E-state index contributed by atoms with van der Waals surface area (Å²) in [5.41, 5.74) is 2.26. The zero-order chi connectivity index (χ0) is 15.6. The van der Waals surface area contributed by atoms with Gasteiger partial charge in [0.05, 0.1) is 6.10 Å². The molecule has 0 aliphatic rings. The molecule has 1 atom stereocenters. The average molecular weight is 298 g/mol. The van der Waals surface area contributed by atoms with E-state index in [0.717, 1.165) is 12.0 Å². The third-order valence-corrected chi connectivity index (χ3v) is 3.45. The van der Waals surface area contributed by atoms with Crippen LogP contribution in [-0.4, -0.2) is 26.2 Å². The lowest BCUT2D eigenvalue weighted by atomic mass is 10.1. The lowest BCUT2D eigenvalue weighted by Crippen LogP contribution is -2.39. The molecule has 2 N–H and O–H groups in total. The van der Waals surface area contributed by atoms with Gasteiger partial charge in [-0.05, 0) is 17.5 Å². The van der Waals surface area contributed by atoms with Crippen LogP contribution >= 0.6 is 0 Å². The molecule has 116 valence electrons. The van der Waals surface area contributed by atoms with Crippen LogP contribution in [0.5, 0.6) is 0 Å². The second-order valence-corrected chi connectivity index (χ2v) is 5.01. The highest BCUT2D eigenvalue weighted by molar-refractivity contribution is 5.73. The van der Waals surface area contributed by atoms with Gasteiger partial charge in [-0.25, -0.2) is 4.79 Å². The Hall–Kier alpha value is -2.33. The maximum Gasteiger partial charge on any atom is 0.314 e. The summed E-state index contributed by atoms with van der Waals surface area (Å²) >= 11 is 0. The predicted octanol–water partition coefficient (Wildman–Crippen LogP) is 2.92. The fourth-order valence-corrected chi connectivity index (χ4v) is 2.22. The van der Waals surface area contributed by atoms with E-state index in [1.165, 1.54) is 5.56 Å². The van der Waals surface area contributed by atoms with Gasteiger partial charge >= 0.3 is 6.03 Å². The van der Waals surface area contributed by atoms with Crippen LogP contribution in [0, 0.1) is 0 Å². The molecule has 0 radical (unpaired) electrons. The Labute approximate surface area is 131 Å². The number of urea groups is 1. The third-order valence-electron chi connectivity index (χ3n) is 3.45. The van der Waals surface area contributed by atoms with Gasteiger partial charge in [-0.1, -0.05) is 60.7 Å². The van der Waals surface area contributed by atoms with Gasteiger partial charge in [-0.3, -0.25) is 0 Å². The molecule has 2 aromatic carbocycles. The second-order valence-electron chi connectivity index (χ2n) is 5.01. The molecule has 2 rings (SSSR count). The minimum absolute atomic E-state index is 0.138. The van der Waals surface area contributed by atoms with Gasteiger partial charge in [0.15, 0.2) is 0 Å². The summed E-state index contributed by atoms with van der Waals surface area (Å²) in [6.07, 6.45) is 0.682. The number of hydrogen-bond acceptors (Lipinski definition) is 2. The molecule has 0 heterocycles. The number of ether oxygens (including phenoxy) is 1. The molecule has 0 bridgehead atoms. The number of hydrogen-bond donors (Lipinski definition) is 2. The fourth-order valence-electron chi connectivity index (χ4n) is 2.22. The van der Waals surface area contributed by atoms with Gasteiger partial charge in [0, 0.05) is 20.2 Å². The predicted molar refractivity (Wildman–Crippen MR) is 87.7 cm³/mol. The lowest BCUT2D eigenvalue weighted by molar-refractivity contribution is 0.104. The van der Waals surface area contributed by atoms with E-state index >= 15 is 0 Å². The lowest BCUT2D eigenvalue weighted by Gasteiger charge is -2.16. The first kappa shape index (κ1) is 16.0. The van der Waals surface area contributed by atoms with Gasteiger partial charge in [-0.2, -0.15) is 0 Å². The molecule has 4 heteroatoms. The summed E-state index contributed by atoms with van der Waals surface area (Å²) in [6.45, 7) is 1.05. The van der Waals surface area contributed by atoms with Gasteiger partial charge in [-0.15, -0.1) is 0 Å². The molecule has 4 nitrogen and oxygen atoms in total. The molecule has 22 heavy (non-hydrogen) atoms. The summed E-state index contributed by atoms with van der Waals surface area (Å²) in [5, 5.41) is 5.70. The van der Waals surface area contributed by atoms with Crippen molar-refractivity contribution in [3.05, 3.63) is 71.8 Å². The van der Waals surface area contributed by atoms with E-state index in [1.54, 1.807) is 7.11 Å². The van der Waals surface area contributed by atoms with Crippen molar-refractivity contribution >= 4 is 6.03 Å². The van der Waals surface area contributed by atoms with Crippen molar-refractivity contribution in [1.29, 1.82) is 0 Å². The number of carbonyl (C=O) groups excluding carboxylic acids is 1. The summed E-state index contributed by atoms with van der Waals surface area (Å²) in [6, 6.07) is 19.8. The van der Waals surface area contributed by atoms with Crippen molar-refractivity contribution < 1.29 is 9.53 Å². The van der Waals surface area contributed by atoms with E-state index in [0.29, 0.717) is 13.1 Å². The van der Waals surface area contributed by atoms with E-state index in [2.05, 4.69) is 22.8 Å². The van der Waals surface area contributed by atoms with E-state index in [9.17, 15) is 4.79 Å². The van der Waals surface area contributed by atoms with E-state index in [-0.39, 0.29) is 12.1 Å². The zero-order valence-electron chi connectivity index (χ0n) is 12.8. The largest absolute Gasteiger partial charge is 0.375 e. The van der Waals surface area contributed by atoms with Gasteiger partial charge in [0.1, 0.15) is 0 Å². The Morgan fingerprint density at radius 1 is 1.00 bits per heavy atom. The Balaban J connectivity index is 1.70. The average Bonchev–Trinajstić information content (AvgIpc) is 2.57. The van der Waals surface area contributed by atoms with Crippen molar-refractivity contribution in [2.45, 2.75) is 12.5 Å². The van der Waals surface area contributed by atoms with E-state index in [1.807, 2.05) is 48.5 Å². The molecule has 2 amide bonds. The van der Waals surface area contributed by atoms with Crippen LogP contribution in [0.2, 0.25) is 0 Å². The maximum atomic E-state index is 11.8. The molecule has 2 aromatic rings. The number of benzene rings is 2. The smallest absolute Gasteiger partial charge is 0.314 e. The molecule has 0 fully saturated rings. The van der Waals surface area contributed by atoms with Crippen LogP contribution in [0.25, 0.3) is 0 Å². The minimum atomic E-state index is -0.172. The standard InChI is InChI=1S/C18H22N2O2/c1-22-17(16-10-6-3-7-11-16)14-20-18(21)19-13-12-15-8-4-2-5-9-15/h2-11,17H,12-14H2,1H3,(H2,19,20,21). The number of methoxy groups -OCH3 is 1. The molecule has 0 spiro atoms. The second kappa shape index (κ2) is 8.85. The van der Waals surface area contributed by atoms with Crippen molar-refractivity contribution in [3.8, 4) is 0 Å². The number of rotatable bonds is 7. The minimum Gasteiger partial charge on any atom is -0.375 e. The van der Waals surface area contributed by atoms with Crippen LogP contribution in [0.3, 0.4) is 0 Å². The van der Waals surface area contributed by atoms with Crippen LogP contribution in [0.4, 0.5) is 4.79 Å². The third kappa shape index (κ3) is 5.22. The highest BCUT2D eigenvalue weighted by Gasteiger charge is 2.11. The molecular weight excluding hydrogens is 276 g/mol. The summed E-state index contributed by atoms with van der Waals surface area (Å²) in [4.78, 5) is 11.8. The quantitative estimate of drug-likeness (QED) is 0.826. The molecule has 0 aliphatic carbocycles. The monoisotopic (exact) mass is 298 g/mol. The normalized spacial score (nSPS) is 11.7. The van der Waals surface area contributed by atoms with Gasteiger partial charge < -0.3 is 15.4 Å². The molecule has 0 saturated heterocycles. The number of carbonyl (C=O) groups is 1. The van der Waals surface area contributed by atoms with Crippen molar-refractivity contribution in [2.75, 3.05) is 20.2 Å². The highest BCUT2D eigenvalue weighted by Crippen LogP contribution is 2.14. The van der Waals surface area contributed by atoms with Crippen molar-refractivity contribution in [2.24, 2.45) is 0 Å². The van der Waals surface area contributed by atoms with Crippen LogP contribution in [0.15, 0.2) is 60.7 Å².